The quantitative estimate of drug-likeness (QED) is 0.857. The molecule has 0 spiro atoms. The highest BCUT2D eigenvalue weighted by atomic mass is 16.1. The average molecular weight is 243 g/mol. The van der Waals surface area contributed by atoms with Gasteiger partial charge in [-0.15, -0.1) is 0 Å². The maximum Gasteiger partial charge on any atom is 0.251 e. The molecule has 1 aromatic heterocycles. The van der Waals surface area contributed by atoms with Crippen LogP contribution >= 0.6 is 0 Å². The van der Waals surface area contributed by atoms with Gasteiger partial charge in [-0.1, -0.05) is 24.3 Å². The summed E-state index contributed by atoms with van der Waals surface area (Å²) in [6, 6.07) is 9.41. The number of benzene rings is 1. The summed E-state index contributed by atoms with van der Waals surface area (Å²) in [5.74, 6) is 0.632. The van der Waals surface area contributed by atoms with E-state index in [1.807, 2.05) is 31.2 Å². The van der Waals surface area contributed by atoms with Gasteiger partial charge in [0.05, 0.1) is 0 Å². The fraction of sp³-hybridized carbons (Fsp3) is 0.286. The molecule has 94 valence electrons. The zero-order valence-corrected chi connectivity index (χ0v) is 10.4. The van der Waals surface area contributed by atoms with Crippen LogP contribution in [-0.2, 0) is 6.42 Å². The zero-order chi connectivity index (χ0) is 13.0. The van der Waals surface area contributed by atoms with Gasteiger partial charge >= 0.3 is 0 Å². The van der Waals surface area contributed by atoms with Crippen molar-refractivity contribution in [3.63, 3.8) is 0 Å². The van der Waals surface area contributed by atoms with E-state index in [0.29, 0.717) is 12.4 Å². The molecule has 0 aliphatic heterocycles. The topological polar surface area (TPSA) is 71.8 Å². The summed E-state index contributed by atoms with van der Waals surface area (Å²) in [5.41, 5.74) is 8.21. The first-order chi connectivity index (χ1) is 8.70. The molecule has 0 aliphatic carbocycles. The minimum Gasteiger partial charge on any atom is -0.330 e. The van der Waals surface area contributed by atoms with E-state index in [2.05, 4.69) is 9.97 Å². The van der Waals surface area contributed by atoms with Crippen LogP contribution in [0.15, 0.2) is 35.1 Å². The molecule has 4 nitrogen and oxygen atoms in total. The molecule has 0 atom stereocenters. The van der Waals surface area contributed by atoms with E-state index in [-0.39, 0.29) is 5.56 Å². The van der Waals surface area contributed by atoms with Crippen molar-refractivity contribution >= 4 is 0 Å². The number of aromatic nitrogens is 2. The van der Waals surface area contributed by atoms with Gasteiger partial charge in [-0.3, -0.25) is 4.79 Å². The van der Waals surface area contributed by atoms with Crippen molar-refractivity contribution in [1.29, 1.82) is 0 Å². The molecular weight excluding hydrogens is 226 g/mol. The number of hydrogen-bond donors (Lipinski definition) is 2. The number of hydrogen-bond acceptors (Lipinski definition) is 3. The van der Waals surface area contributed by atoms with Crippen LogP contribution < -0.4 is 11.3 Å². The Kier molecular flexibility index (Phi) is 3.89. The van der Waals surface area contributed by atoms with Gasteiger partial charge in [0.15, 0.2) is 0 Å². The fourth-order valence-corrected chi connectivity index (χ4v) is 1.89. The van der Waals surface area contributed by atoms with Crippen LogP contribution in [0, 0.1) is 6.92 Å². The van der Waals surface area contributed by atoms with Crippen molar-refractivity contribution in [2.75, 3.05) is 6.54 Å². The molecule has 0 saturated carbocycles. The molecule has 0 aliphatic rings. The predicted octanol–water partition coefficient (Wildman–Crippen LogP) is 1.64. The molecule has 0 fully saturated rings. The first-order valence-electron chi connectivity index (χ1n) is 6.07. The molecule has 0 unspecified atom stereocenters. The Bertz CT molecular complexity index is 590. The van der Waals surface area contributed by atoms with Crippen molar-refractivity contribution in [2.24, 2.45) is 5.73 Å². The molecule has 3 N–H and O–H groups in total. The van der Waals surface area contributed by atoms with Gasteiger partial charge in [-0.2, -0.15) is 0 Å². The Labute approximate surface area is 106 Å². The zero-order valence-electron chi connectivity index (χ0n) is 10.4. The normalized spacial score (nSPS) is 10.6. The standard InChI is InChI=1S/C14H17N3O/c1-10-5-2-3-7-12(10)14-16-11(6-4-8-15)9-13(18)17-14/h2-3,5,7,9H,4,6,8,15H2,1H3,(H,16,17,18). The SMILES string of the molecule is Cc1ccccc1-c1nc(CCCN)cc(=O)[nH]1. The van der Waals surface area contributed by atoms with Crippen LogP contribution in [-0.4, -0.2) is 16.5 Å². The summed E-state index contributed by atoms with van der Waals surface area (Å²) < 4.78 is 0. The van der Waals surface area contributed by atoms with Crippen LogP contribution in [0.25, 0.3) is 11.4 Å². The molecule has 4 heteroatoms. The number of aromatic amines is 1. The molecule has 0 bridgehead atoms. The Hall–Kier alpha value is -1.94. The number of rotatable bonds is 4. The number of H-pyrrole nitrogens is 1. The lowest BCUT2D eigenvalue weighted by Gasteiger charge is -2.06. The van der Waals surface area contributed by atoms with E-state index >= 15 is 0 Å². The third-order valence-electron chi connectivity index (χ3n) is 2.83. The van der Waals surface area contributed by atoms with Crippen LogP contribution in [0.2, 0.25) is 0 Å². The second-order valence-corrected chi connectivity index (χ2v) is 4.29. The molecule has 0 saturated heterocycles. The minimum atomic E-state index is -0.115. The van der Waals surface area contributed by atoms with Gasteiger partial charge in [0.2, 0.25) is 0 Å². The maximum absolute atomic E-state index is 11.6. The molecule has 0 radical (unpaired) electrons. The van der Waals surface area contributed by atoms with Gasteiger partial charge in [0, 0.05) is 17.3 Å². The number of nitrogens with zero attached hydrogens (tertiary/aromatic N) is 1. The molecule has 2 rings (SSSR count). The molecule has 2 aromatic rings. The van der Waals surface area contributed by atoms with E-state index in [0.717, 1.165) is 29.7 Å². The highest BCUT2D eigenvalue weighted by Crippen LogP contribution is 2.18. The largest absolute Gasteiger partial charge is 0.330 e. The van der Waals surface area contributed by atoms with Gasteiger partial charge < -0.3 is 10.7 Å². The molecule has 0 amide bonds. The van der Waals surface area contributed by atoms with E-state index in [1.54, 1.807) is 0 Å². The second kappa shape index (κ2) is 5.60. The summed E-state index contributed by atoms with van der Waals surface area (Å²) in [6.45, 7) is 2.61. The lowest BCUT2D eigenvalue weighted by molar-refractivity contribution is 0.804. The average Bonchev–Trinajstić information content (AvgIpc) is 2.36. The molecule has 1 aromatic carbocycles. The Balaban J connectivity index is 2.42. The Morgan fingerprint density at radius 2 is 2.11 bits per heavy atom. The summed E-state index contributed by atoms with van der Waals surface area (Å²) in [5, 5.41) is 0. The van der Waals surface area contributed by atoms with E-state index in [4.69, 9.17) is 5.73 Å². The third-order valence-corrected chi connectivity index (χ3v) is 2.83. The number of nitrogens with one attached hydrogen (secondary N) is 1. The first kappa shape index (κ1) is 12.5. The summed E-state index contributed by atoms with van der Waals surface area (Å²) in [7, 11) is 0. The van der Waals surface area contributed by atoms with Crippen molar-refractivity contribution in [3.8, 4) is 11.4 Å². The van der Waals surface area contributed by atoms with E-state index in [1.165, 1.54) is 6.07 Å². The van der Waals surface area contributed by atoms with Gasteiger partial charge in [0.25, 0.3) is 5.56 Å². The van der Waals surface area contributed by atoms with Crippen molar-refractivity contribution in [1.82, 2.24) is 9.97 Å². The van der Waals surface area contributed by atoms with Gasteiger partial charge in [-0.05, 0) is 31.9 Å². The lowest BCUT2D eigenvalue weighted by atomic mass is 10.1. The fourth-order valence-electron chi connectivity index (χ4n) is 1.89. The van der Waals surface area contributed by atoms with E-state index < -0.39 is 0 Å². The predicted molar refractivity (Wildman–Crippen MR) is 72.4 cm³/mol. The van der Waals surface area contributed by atoms with Crippen LogP contribution in [0.5, 0.6) is 0 Å². The molecule has 18 heavy (non-hydrogen) atoms. The highest BCUT2D eigenvalue weighted by molar-refractivity contribution is 5.59. The maximum atomic E-state index is 11.6. The highest BCUT2D eigenvalue weighted by Gasteiger charge is 2.06. The smallest absolute Gasteiger partial charge is 0.251 e. The Morgan fingerprint density at radius 3 is 2.83 bits per heavy atom. The van der Waals surface area contributed by atoms with Crippen LogP contribution in [0.3, 0.4) is 0 Å². The van der Waals surface area contributed by atoms with Crippen LogP contribution in [0.4, 0.5) is 0 Å². The summed E-state index contributed by atoms with van der Waals surface area (Å²) in [4.78, 5) is 18.9. The third kappa shape index (κ3) is 2.84. The summed E-state index contributed by atoms with van der Waals surface area (Å²) >= 11 is 0. The van der Waals surface area contributed by atoms with Crippen LogP contribution in [0.1, 0.15) is 17.7 Å². The Morgan fingerprint density at radius 1 is 1.33 bits per heavy atom. The second-order valence-electron chi connectivity index (χ2n) is 4.29. The van der Waals surface area contributed by atoms with Crippen molar-refractivity contribution in [3.05, 3.63) is 51.9 Å². The first-order valence-corrected chi connectivity index (χ1v) is 6.07. The number of nitrogens with two attached hydrogens (primary N) is 1. The lowest BCUT2D eigenvalue weighted by Crippen LogP contribution is -2.12. The molecule has 1 heterocycles. The van der Waals surface area contributed by atoms with Gasteiger partial charge in [0.1, 0.15) is 5.82 Å². The monoisotopic (exact) mass is 243 g/mol. The number of aryl methyl sites for hydroxylation is 2. The molecular formula is C14H17N3O. The van der Waals surface area contributed by atoms with E-state index in [9.17, 15) is 4.79 Å². The van der Waals surface area contributed by atoms with Gasteiger partial charge in [-0.25, -0.2) is 4.98 Å². The van der Waals surface area contributed by atoms with Crippen molar-refractivity contribution in [2.45, 2.75) is 19.8 Å². The summed E-state index contributed by atoms with van der Waals surface area (Å²) in [6.07, 6.45) is 1.57. The minimum absolute atomic E-state index is 0.115. The van der Waals surface area contributed by atoms with Crippen molar-refractivity contribution < 1.29 is 0 Å².